The fourth-order valence-electron chi connectivity index (χ4n) is 2.14. The molecule has 2 rings (SSSR count). The van der Waals surface area contributed by atoms with Gasteiger partial charge >= 0.3 is 5.97 Å². The third-order valence-electron chi connectivity index (χ3n) is 3.54. The summed E-state index contributed by atoms with van der Waals surface area (Å²) in [7, 11) is -2.38. The number of amides is 1. The Morgan fingerprint density at radius 3 is 2.52 bits per heavy atom. The van der Waals surface area contributed by atoms with Crippen molar-refractivity contribution in [2.75, 3.05) is 19.0 Å². The topological polar surface area (TPSA) is 102 Å². The molecule has 144 valence electrons. The lowest BCUT2D eigenvalue weighted by molar-refractivity contribution is -0.119. The van der Waals surface area contributed by atoms with Gasteiger partial charge in [-0.3, -0.25) is 4.79 Å². The van der Waals surface area contributed by atoms with E-state index in [2.05, 4.69) is 10.0 Å². The van der Waals surface area contributed by atoms with Crippen LogP contribution in [0.4, 0.5) is 5.69 Å². The summed E-state index contributed by atoms with van der Waals surface area (Å²) in [5.74, 6) is -1.45. The molecular weight excluding hydrogens is 415 g/mol. The van der Waals surface area contributed by atoms with Crippen molar-refractivity contribution in [3.05, 3.63) is 57.6 Å². The molecule has 0 aliphatic rings. The third kappa shape index (κ3) is 5.20. The van der Waals surface area contributed by atoms with E-state index in [1.54, 1.807) is 13.0 Å². The lowest BCUT2D eigenvalue weighted by Gasteiger charge is -2.11. The van der Waals surface area contributed by atoms with E-state index in [1.165, 1.54) is 37.4 Å². The van der Waals surface area contributed by atoms with Gasteiger partial charge in [-0.2, -0.15) is 0 Å². The zero-order chi connectivity index (χ0) is 20.2. The number of nitrogens with one attached hydrogen (secondary N) is 2. The van der Waals surface area contributed by atoms with E-state index in [-0.39, 0.29) is 26.2 Å². The van der Waals surface area contributed by atoms with Gasteiger partial charge in [-0.15, -0.1) is 0 Å². The smallest absolute Gasteiger partial charge is 0.340 e. The van der Waals surface area contributed by atoms with Gasteiger partial charge < -0.3 is 10.1 Å². The number of benzene rings is 2. The standard InChI is InChI=1S/C17H16Cl2N2O5S/c1-10-6-7-11(8-14(10)27(24,25)20-2)21-15(22)9-26-17(23)12-4-3-5-13(18)16(12)19/h3-8,20H,9H2,1-2H3,(H,21,22). The minimum absolute atomic E-state index is 0.0324. The van der Waals surface area contributed by atoms with Crippen LogP contribution in [0.15, 0.2) is 41.3 Å². The van der Waals surface area contributed by atoms with Crippen molar-refractivity contribution in [3.63, 3.8) is 0 Å². The van der Waals surface area contributed by atoms with E-state index in [4.69, 9.17) is 27.9 Å². The highest BCUT2D eigenvalue weighted by Gasteiger charge is 2.17. The lowest BCUT2D eigenvalue weighted by atomic mass is 10.2. The summed E-state index contributed by atoms with van der Waals surface area (Å²) < 4.78 is 31.1. The summed E-state index contributed by atoms with van der Waals surface area (Å²) in [5.41, 5.74) is 0.801. The Kier molecular flexibility index (Phi) is 6.83. The molecule has 0 aromatic heterocycles. The molecule has 10 heteroatoms. The predicted octanol–water partition coefficient (Wildman–Crippen LogP) is 3.01. The number of rotatable bonds is 6. The second-order valence-corrected chi connectivity index (χ2v) is 8.05. The van der Waals surface area contributed by atoms with Gasteiger partial charge in [0.25, 0.3) is 5.91 Å². The summed E-state index contributed by atoms with van der Waals surface area (Å²) in [6, 6.07) is 8.87. The Morgan fingerprint density at radius 1 is 1.15 bits per heavy atom. The number of anilines is 1. The number of sulfonamides is 1. The molecule has 0 unspecified atom stereocenters. The predicted molar refractivity (Wildman–Crippen MR) is 103 cm³/mol. The normalized spacial score (nSPS) is 11.1. The van der Waals surface area contributed by atoms with Crippen molar-refractivity contribution in [2.45, 2.75) is 11.8 Å². The summed E-state index contributed by atoms with van der Waals surface area (Å²) in [6.45, 7) is 1.05. The summed E-state index contributed by atoms with van der Waals surface area (Å²) in [4.78, 5) is 24.0. The van der Waals surface area contributed by atoms with Crippen LogP contribution in [0.5, 0.6) is 0 Å². The Balaban J connectivity index is 2.05. The molecule has 1 amide bonds. The maximum absolute atomic E-state index is 12.0. The number of esters is 1. The molecule has 0 radical (unpaired) electrons. The van der Waals surface area contributed by atoms with Crippen LogP contribution < -0.4 is 10.0 Å². The number of aryl methyl sites for hydroxylation is 1. The van der Waals surface area contributed by atoms with Gasteiger partial charge in [-0.05, 0) is 43.8 Å². The van der Waals surface area contributed by atoms with Gasteiger partial charge in [-0.25, -0.2) is 17.9 Å². The second-order valence-electron chi connectivity index (χ2n) is 5.41. The zero-order valence-electron chi connectivity index (χ0n) is 14.4. The second kappa shape index (κ2) is 8.71. The molecule has 0 spiro atoms. The van der Waals surface area contributed by atoms with Crippen molar-refractivity contribution < 1.29 is 22.7 Å². The maximum atomic E-state index is 12.0. The minimum Gasteiger partial charge on any atom is -0.452 e. The van der Waals surface area contributed by atoms with E-state index >= 15 is 0 Å². The van der Waals surface area contributed by atoms with Crippen molar-refractivity contribution in [3.8, 4) is 0 Å². The molecule has 2 aromatic rings. The first kappa shape index (κ1) is 21.2. The van der Waals surface area contributed by atoms with Gasteiger partial charge in [0.2, 0.25) is 10.0 Å². The quantitative estimate of drug-likeness (QED) is 0.685. The molecule has 2 aromatic carbocycles. The first-order valence-electron chi connectivity index (χ1n) is 7.61. The molecule has 0 atom stereocenters. The zero-order valence-corrected chi connectivity index (χ0v) is 16.7. The fraction of sp³-hybridized carbons (Fsp3) is 0.176. The highest BCUT2D eigenvalue weighted by Crippen LogP contribution is 2.26. The average Bonchev–Trinajstić information content (AvgIpc) is 2.63. The van der Waals surface area contributed by atoms with E-state index < -0.39 is 28.5 Å². The SMILES string of the molecule is CNS(=O)(=O)c1cc(NC(=O)COC(=O)c2cccc(Cl)c2Cl)ccc1C. The van der Waals surface area contributed by atoms with Crippen molar-refractivity contribution in [2.24, 2.45) is 0 Å². The van der Waals surface area contributed by atoms with Gasteiger partial charge in [0.05, 0.1) is 20.5 Å². The van der Waals surface area contributed by atoms with Crippen LogP contribution in [0.3, 0.4) is 0 Å². The van der Waals surface area contributed by atoms with Crippen LogP contribution in [0.25, 0.3) is 0 Å². The van der Waals surface area contributed by atoms with Crippen molar-refractivity contribution in [1.29, 1.82) is 0 Å². The van der Waals surface area contributed by atoms with Crippen molar-refractivity contribution in [1.82, 2.24) is 4.72 Å². The molecule has 0 bridgehead atoms. The van der Waals surface area contributed by atoms with Crippen LogP contribution in [0, 0.1) is 6.92 Å². The summed E-state index contributed by atoms with van der Waals surface area (Å²) in [6.07, 6.45) is 0. The number of hydrogen-bond donors (Lipinski definition) is 2. The number of ether oxygens (including phenoxy) is 1. The van der Waals surface area contributed by atoms with E-state index in [1.807, 2.05) is 0 Å². The largest absolute Gasteiger partial charge is 0.452 e. The van der Waals surface area contributed by atoms with Crippen LogP contribution in [0.2, 0.25) is 10.0 Å². The highest BCUT2D eigenvalue weighted by atomic mass is 35.5. The monoisotopic (exact) mass is 430 g/mol. The third-order valence-corrected chi connectivity index (χ3v) is 5.91. The van der Waals surface area contributed by atoms with Gasteiger partial charge in [0, 0.05) is 5.69 Å². The summed E-state index contributed by atoms with van der Waals surface area (Å²) in [5, 5.41) is 2.69. The number of carbonyl (C=O) groups excluding carboxylic acids is 2. The van der Waals surface area contributed by atoms with Crippen LogP contribution in [-0.4, -0.2) is 33.9 Å². The molecule has 0 aliphatic heterocycles. The number of hydrogen-bond acceptors (Lipinski definition) is 5. The molecular formula is C17H16Cl2N2O5S. The molecule has 0 fully saturated rings. The Bertz CT molecular complexity index is 993. The maximum Gasteiger partial charge on any atom is 0.340 e. The first-order chi connectivity index (χ1) is 12.7. The van der Waals surface area contributed by atoms with Crippen LogP contribution >= 0.6 is 23.2 Å². The Labute approximate surface area is 166 Å². The molecule has 0 heterocycles. The van der Waals surface area contributed by atoms with Gasteiger partial charge in [0.15, 0.2) is 6.61 Å². The van der Waals surface area contributed by atoms with Crippen LogP contribution in [0.1, 0.15) is 15.9 Å². The average molecular weight is 431 g/mol. The van der Waals surface area contributed by atoms with Gasteiger partial charge in [0.1, 0.15) is 0 Å². The highest BCUT2D eigenvalue weighted by molar-refractivity contribution is 7.89. The van der Waals surface area contributed by atoms with Crippen molar-refractivity contribution >= 4 is 50.8 Å². The van der Waals surface area contributed by atoms with Gasteiger partial charge in [-0.1, -0.05) is 35.3 Å². The Hall–Kier alpha value is -2.13. The first-order valence-corrected chi connectivity index (χ1v) is 9.85. The minimum atomic E-state index is -3.67. The number of halogens is 2. The van der Waals surface area contributed by atoms with E-state index in [0.29, 0.717) is 5.56 Å². The van der Waals surface area contributed by atoms with E-state index in [0.717, 1.165) is 0 Å². The molecule has 2 N–H and O–H groups in total. The number of carbonyl (C=O) groups is 2. The van der Waals surface area contributed by atoms with E-state index in [9.17, 15) is 18.0 Å². The molecule has 0 saturated carbocycles. The summed E-state index contributed by atoms with van der Waals surface area (Å²) >= 11 is 11.8. The molecule has 27 heavy (non-hydrogen) atoms. The van der Waals surface area contributed by atoms with Crippen LogP contribution in [-0.2, 0) is 19.6 Å². The molecule has 0 saturated heterocycles. The Morgan fingerprint density at radius 2 is 1.85 bits per heavy atom. The molecule has 0 aliphatic carbocycles. The lowest BCUT2D eigenvalue weighted by Crippen LogP contribution is -2.22. The molecule has 7 nitrogen and oxygen atoms in total. The fourth-order valence-corrected chi connectivity index (χ4v) is 3.52.